The van der Waals surface area contributed by atoms with Crippen molar-refractivity contribution in [3.05, 3.63) is 30.1 Å². The van der Waals surface area contributed by atoms with Crippen LogP contribution in [0.5, 0.6) is 0 Å². The summed E-state index contributed by atoms with van der Waals surface area (Å²) in [5.41, 5.74) is 2.05. The Kier molecular flexibility index (Phi) is 5.99. The number of hydrogen-bond acceptors (Lipinski definition) is 2. The van der Waals surface area contributed by atoms with E-state index in [9.17, 15) is 4.79 Å². The first-order chi connectivity index (χ1) is 10.5. The van der Waals surface area contributed by atoms with Gasteiger partial charge in [-0.2, -0.15) is 0 Å². The number of aryl methyl sites for hydroxylation is 1. The predicted octanol–water partition coefficient (Wildman–Crippen LogP) is 3.83. The molecule has 0 aliphatic carbocycles. The number of nitrogens with one attached hydrogen (secondary N) is 2. The number of para-hydroxylation sites is 2. The van der Waals surface area contributed by atoms with Crippen molar-refractivity contribution >= 4 is 16.9 Å². The first-order valence-corrected chi connectivity index (χ1v) is 8.27. The average Bonchev–Trinajstić information content (AvgIpc) is 2.87. The van der Waals surface area contributed by atoms with Crippen molar-refractivity contribution in [3.63, 3.8) is 0 Å². The monoisotopic (exact) mass is 301 g/mol. The van der Waals surface area contributed by atoms with Gasteiger partial charge in [0.05, 0.1) is 11.0 Å². The summed E-state index contributed by atoms with van der Waals surface area (Å²) in [4.78, 5) is 19.8. The number of nitrogens with zero attached hydrogens (tertiary/aromatic N) is 1. The molecule has 0 saturated carbocycles. The van der Waals surface area contributed by atoms with Crippen molar-refractivity contribution in [3.8, 4) is 0 Å². The fraction of sp³-hybridized carbons (Fsp3) is 0.556. The third-order valence-electron chi connectivity index (χ3n) is 3.84. The first kappa shape index (κ1) is 16.5. The number of rotatable bonds is 8. The van der Waals surface area contributed by atoms with E-state index in [2.05, 4.69) is 36.1 Å². The number of aromatic nitrogens is 2. The Labute approximate surface area is 132 Å². The Balaban J connectivity index is 1.70. The summed E-state index contributed by atoms with van der Waals surface area (Å²) in [5, 5.41) is 3.08. The number of aromatic amines is 1. The molecular weight excluding hydrogens is 274 g/mol. The summed E-state index contributed by atoms with van der Waals surface area (Å²) in [7, 11) is 0. The van der Waals surface area contributed by atoms with E-state index in [1.165, 1.54) is 0 Å². The van der Waals surface area contributed by atoms with Crippen molar-refractivity contribution in [1.29, 1.82) is 0 Å². The first-order valence-electron chi connectivity index (χ1n) is 8.27. The fourth-order valence-corrected chi connectivity index (χ4v) is 2.54. The number of fused-ring (bicyclic) bond motifs is 1. The van der Waals surface area contributed by atoms with Crippen LogP contribution >= 0.6 is 0 Å². The Morgan fingerprint density at radius 3 is 2.73 bits per heavy atom. The van der Waals surface area contributed by atoms with Crippen molar-refractivity contribution in [1.82, 2.24) is 15.3 Å². The minimum Gasteiger partial charge on any atom is -0.354 e. The maximum Gasteiger partial charge on any atom is 0.220 e. The highest BCUT2D eigenvalue weighted by Gasteiger charge is 2.09. The molecule has 4 nitrogen and oxygen atoms in total. The maximum absolute atomic E-state index is 11.9. The van der Waals surface area contributed by atoms with E-state index >= 15 is 0 Å². The quantitative estimate of drug-likeness (QED) is 0.778. The summed E-state index contributed by atoms with van der Waals surface area (Å²) in [6, 6.07) is 8.27. The molecule has 1 heterocycles. The second kappa shape index (κ2) is 7.97. The molecule has 0 bridgehead atoms. The summed E-state index contributed by atoms with van der Waals surface area (Å²) >= 11 is 0. The molecule has 120 valence electrons. The van der Waals surface area contributed by atoms with Crippen LogP contribution in [0.3, 0.4) is 0 Å². The van der Waals surface area contributed by atoms with Crippen LogP contribution in [0.15, 0.2) is 24.3 Å². The topological polar surface area (TPSA) is 57.8 Å². The molecule has 2 rings (SSSR count). The van der Waals surface area contributed by atoms with Gasteiger partial charge in [-0.3, -0.25) is 4.79 Å². The number of carbonyl (C=O) groups excluding carboxylic acids is 1. The lowest BCUT2D eigenvalue weighted by Gasteiger charge is -2.14. The molecule has 0 spiro atoms. The molecule has 1 unspecified atom stereocenters. The van der Waals surface area contributed by atoms with Gasteiger partial charge in [0.15, 0.2) is 0 Å². The molecule has 22 heavy (non-hydrogen) atoms. The van der Waals surface area contributed by atoms with E-state index in [0.717, 1.165) is 42.5 Å². The third-order valence-corrected chi connectivity index (χ3v) is 3.84. The average molecular weight is 301 g/mol. The van der Waals surface area contributed by atoms with Gasteiger partial charge in [0, 0.05) is 18.9 Å². The minimum absolute atomic E-state index is 0.146. The van der Waals surface area contributed by atoms with Gasteiger partial charge >= 0.3 is 0 Å². The van der Waals surface area contributed by atoms with Gasteiger partial charge in [0.2, 0.25) is 5.91 Å². The molecule has 0 fully saturated rings. The summed E-state index contributed by atoms with van der Waals surface area (Å²) < 4.78 is 0. The van der Waals surface area contributed by atoms with Gasteiger partial charge in [-0.25, -0.2) is 4.98 Å². The van der Waals surface area contributed by atoms with Gasteiger partial charge in [0.1, 0.15) is 5.82 Å². The van der Waals surface area contributed by atoms with Gasteiger partial charge in [0.25, 0.3) is 0 Å². The SMILES string of the molecule is CC(C)CCC(C)NC(=O)CCCc1nc2ccccc2[nH]1. The zero-order valence-electron chi connectivity index (χ0n) is 13.9. The molecule has 1 aromatic carbocycles. The lowest BCUT2D eigenvalue weighted by molar-refractivity contribution is -0.121. The molecule has 0 radical (unpaired) electrons. The van der Waals surface area contributed by atoms with Crippen LogP contribution in [0.4, 0.5) is 0 Å². The zero-order valence-corrected chi connectivity index (χ0v) is 13.9. The number of imidazole rings is 1. The molecule has 2 N–H and O–H groups in total. The van der Waals surface area contributed by atoms with E-state index in [0.29, 0.717) is 12.3 Å². The van der Waals surface area contributed by atoms with E-state index in [4.69, 9.17) is 0 Å². The van der Waals surface area contributed by atoms with E-state index in [1.807, 2.05) is 24.3 Å². The second-order valence-electron chi connectivity index (χ2n) is 6.49. The summed E-state index contributed by atoms with van der Waals surface area (Å²) in [6.07, 6.45) is 4.39. The van der Waals surface area contributed by atoms with E-state index < -0.39 is 0 Å². The van der Waals surface area contributed by atoms with Crippen molar-refractivity contribution in [2.45, 2.75) is 58.9 Å². The van der Waals surface area contributed by atoms with Crippen molar-refractivity contribution in [2.75, 3.05) is 0 Å². The largest absolute Gasteiger partial charge is 0.354 e. The lowest BCUT2D eigenvalue weighted by atomic mass is 10.0. The minimum atomic E-state index is 0.146. The van der Waals surface area contributed by atoms with Crippen LogP contribution in [0.2, 0.25) is 0 Å². The number of amides is 1. The summed E-state index contributed by atoms with van der Waals surface area (Å²) in [5.74, 6) is 1.79. The van der Waals surface area contributed by atoms with Crippen LogP contribution in [0, 0.1) is 5.92 Å². The Bertz CT molecular complexity index is 570. The molecule has 1 amide bonds. The van der Waals surface area contributed by atoms with Gasteiger partial charge < -0.3 is 10.3 Å². The highest BCUT2D eigenvalue weighted by Crippen LogP contribution is 2.12. The Morgan fingerprint density at radius 2 is 2.00 bits per heavy atom. The van der Waals surface area contributed by atoms with Gasteiger partial charge in [-0.05, 0) is 44.2 Å². The molecule has 1 aromatic heterocycles. The van der Waals surface area contributed by atoms with E-state index in [1.54, 1.807) is 0 Å². The number of hydrogen-bond donors (Lipinski definition) is 2. The smallest absolute Gasteiger partial charge is 0.220 e. The highest BCUT2D eigenvalue weighted by molar-refractivity contribution is 5.76. The molecule has 0 saturated heterocycles. The second-order valence-corrected chi connectivity index (χ2v) is 6.49. The Morgan fingerprint density at radius 1 is 1.23 bits per heavy atom. The number of H-pyrrole nitrogens is 1. The fourth-order valence-electron chi connectivity index (χ4n) is 2.54. The third kappa shape index (κ3) is 5.17. The van der Waals surface area contributed by atoms with Gasteiger partial charge in [-0.1, -0.05) is 26.0 Å². The summed E-state index contributed by atoms with van der Waals surface area (Å²) in [6.45, 7) is 6.50. The van der Waals surface area contributed by atoms with E-state index in [-0.39, 0.29) is 11.9 Å². The zero-order chi connectivity index (χ0) is 15.9. The molecule has 4 heteroatoms. The predicted molar refractivity (Wildman–Crippen MR) is 90.7 cm³/mol. The van der Waals surface area contributed by atoms with Gasteiger partial charge in [-0.15, -0.1) is 0 Å². The van der Waals surface area contributed by atoms with Crippen LogP contribution in [0.25, 0.3) is 11.0 Å². The normalized spacial score (nSPS) is 12.7. The van der Waals surface area contributed by atoms with Crippen LogP contribution in [0.1, 0.15) is 52.3 Å². The standard InChI is InChI=1S/C18H27N3O/c1-13(2)11-12-14(3)19-18(22)10-6-9-17-20-15-7-4-5-8-16(15)21-17/h4-5,7-8,13-14H,6,9-12H2,1-3H3,(H,19,22)(H,20,21). The number of carbonyl (C=O) groups is 1. The highest BCUT2D eigenvalue weighted by atomic mass is 16.1. The van der Waals surface area contributed by atoms with Crippen molar-refractivity contribution in [2.24, 2.45) is 5.92 Å². The number of benzene rings is 1. The molecule has 2 aromatic rings. The van der Waals surface area contributed by atoms with Crippen LogP contribution < -0.4 is 5.32 Å². The molecule has 1 atom stereocenters. The maximum atomic E-state index is 11.9. The lowest BCUT2D eigenvalue weighted by Crippen LogP contribution is -2.32. The Hall–Kier alpha value is -1.84. The van der Waals surface area contributed by atoms with Crippen LogP contribution in [-0.4, -0.2) is 21.9 Å². The van der Waals surface area contributed by atoms with Crippen LogP contribution in [-0.2, 0) is 11.2 Å². The molecular formula is C18H27N3O. The molecule has 0 aliphatic rings. The molecule has 0 aliphatic heterocycles. The van der Waals surface area contributed by atoms with Crippen molar-refractivity contribution < 1.29 is 4.79 Å².